The van der Waals surface area contributed by atoms with Crippen molar-refractivity contribution in [2.45, 2.75) is 12.5 Å². The minimum atomic E-state index is -2.93. The molecule has 6 nitrogen and oxygen atoms in total. The molecule has 1 rings (SSSR count). The average Bonchev–Trinajstić information content (AvgIpc) is 2.43. The van der Waals surface area contributed by atoms with Gasteiger partial charge in [0.2, 0.25) is 5.91 Å². The van der Waals surface area contributed by atoms with Crippen LogP contribution in [0.15, 0.2) is 30.3 Å². The number of rotatable bonds is 6. The highest BCUT2D eigenvalue weighted by atomic mass is 19.3. The van der Waals surface area contributed by atoms with Crippen LogP contribution in [0.4, 0.5) is 19.3 Å². The fourth-order valence-electron chi connectivity index (χ4n) is 1.23. The maximum atomic E-state index is 12.0. The Morgan fingerprint density at radius 2 is 1.80 bits per heavy atom. The normalized spacial score (nSPS) is 11.8. The number of benzene rings is 1. The van der Waals surface area contributed by atoms with Gasteiger partial charge in [-0.05, 0) is 12.1 Å². The minimum Gasteiger partial charge on any atom is -0.385 e. The van der Waals surface area contributed by atoms with Gasteiger partial charge in [0.05, 0.1) is 6.54 Å². The summed E-state index contributed by atoms with van der Waals surface area (Å²) >= 11 is 0. The van der Waals surface area contributed by atoms with Crippen molar-refractivity contribution in [3.8, 4) is 0 Å². The Bertz CT molecular complexity index is 443. The molecule has 4 N–H and O–H groups in total. The van der Waals surface area contributed by atoms with Crippen molar-refractivity contribution in [3.63, 3.8) is 0 Å². The van der Waals surface area contributed by atoms with Crippen molar-refractivity contribution in [1.29, 1.82) is 0 Å². The van der Waals surface area contributed by atoms with Gasteiger partial charge < -0.3 is 21.1 Å². The molecule has 0 aliphatic rings. The van der Waals surface area contributed by atoms with Crippen LogP contribution >= 0.6 is 0 Å². The minimum absolute atomic E-state index is 0.380. The number of alkyl halides is 2. The zero-order chi connectivity index (χ0) is 15.0. The van der Waals surface area contributed by atoms with E-state index in [0.29, 0.717) is 5.69 Å². The summed E-state index contributed by atoms with van der Waals surface area (Å²) in [5.74, 6) is -0.673. The molecule has 20 heavy (non-hydrogen) atoms. The first-order chi connectivity index (χ1) is 9.49. The molecule has 1 unspecified atom stereocenters. The summed E-state index contributed by atoms with van der Waals surface area (Å²) in [6.07, 6.45) is -4.85. The number of aliphatic hydroxyl groups is 1. The number of nitrogens with one attached hydrogen (secondary N) is 3. The van der Waals surface area contributed by atoms with Gasteiger partial charge in [-0.3, -0.25) is 4.79 Å². The van der Waals surface area contributed by atoms with Crippen LogP contribution in [-0.2, 0) is 4.79 Å². The van der Waals surface area contributed by atoms with Crippen LogP contribution in [-0.4, -0.2) is 42.7 Å². The molecule has 1 aromatic rings. The van der Waals surface area contributed by atoms with Crippen molar-refractivity contribution >= 4 is 17.6 Å². The Labute approximate surface area is 114 Å². The summed E-state index contributed by atoms with van der Waals surface area (Å²) in [5.41, 5.74) is 0.554. The number of urea groups is 1. The fourth-order valence-corrected chi connectivity index (χ4v) is 1.23. The molecule has 0 fully saturated rings. The van der Waals surface area contributed by atoms with Gasteiger partial charge in [-0.1, -0.05) is 18.2 Å². The third kappa shape index (κ3) is 6.10. The van der Waals surface area contributed by atoms with E-state index >= 15 is 0 Å². The maximum Gasteiger partial charge on any atom is 0.319 e. The van der Waals surface area contributed by atoms with E-state index in [0.717, 1.165) is 0 Å². The lowest BCUT2D eigenvalue weighted by atomic mass is 10.3. The number of carbonyl (C=O) groups excluding carboxylic acids is 2. The Morgan fingerprint density at radius 3 is 2.40 bits per heavy atom. The van der Waals surface area contributed by atoms with Crippen LogP contribution in [0.1, 0.15) is 0 Å². The zero-order valence-corrected chi connectivity index (χ0v) is 10.5. The van der Waals surface area contributed by atoms with Crippen LogP contribution in [0.25, 0.3) is 0 Å². The molecule has 0 saturated carbocycles. The molecule has 3 amide bonds. The first-order valence-electron chi connectivity index (χ1n) is 5.82. The number of halogens is 2. The molecule has 0 radical (unpaired) electrons. The number of aliphatic hydroxyl groups excluding tert-OH is 1. The van der Waals surface area contributed by atoms with Gasteiger partial charge in [0.15, 0.2) is 0 Å². The predicted octanol–water partition coefficient (Wildman–Crippen LogP) is 0.550. The van der Waals surface area contributed by atoms with Gasteiger partial charge in [-0.2, -0.15) is 0 Å². The lowest BCUT2D eigenvalue weighted by Gasteiger charge is -2.11. The largest absolute Gasteiger partial charge is 0.385 e. The summed E-state index contributed by atoms with van der Waals surface area (Å²) < 4.78 is 23.9. The molecule has 0 saturated heterocycles. The zero-order valence-electron chi connectivity index (χ0n) is 10.5. The van der Waals surface area contributed by atoms with Crippen molar-refractivity contribution in [1.82, 2.24) is 10.6 Å². The Kier molecular flexibility index (Phi) is 6.38. The monoisotopic (exact) mass is 287 g/mol. The first-order valence-corrected chi connectivity index (χ1v) is 5.82. The van der Waals surface area contributed by atoms with E-state index in [1.165, 1.54) is 0 Å². The average molecular weight is 287 g/mol. The second-order valence-electron chi connectivity index (χ2n) is 3.88. The molecule has 8 heteroatoms. The third-order valence-corrected chi connectivity index (χ3v) is 2.24. The van der Waals surface area contributed by atoms with Crippen LogP contribution in [0.5, 0.6) is 0 Å². The number of anilines is 1. The molecule has 110 valence electrons. The van der Waals surface area contributed by atoms with Crippen LogP contribution in [0, 0.1) is 0 Å². The summed E-state index contributed by atoms with van der Waals surface area (Å²) in [4.78, 5) is 22.6. The van der Waals surface area contributed by atoms with Crippen molar-refractivity contribution in [2.24, 2.45) is 0 Å². The highest BCUT2D eigenvalue weighted by Crippen LogP contribution is 2.03. The second kappa shape index (κ2) is 8.05. The SMILES string of the molecule is O=C(CNC(=O)Nc1ccccc1)NCC(O)C(F)F. The molecular weight excluding hydrogens is 272 g/mol. The summed E-state index contributed by atoms with van der Waals surface area (Å²) in [6, 6.07) is 7.98. The van der Waals surface area contributed by atoms with Gasteiger partial charge >= 0.3 is 6.03 Å². The molecule has 0 heterocycles. The highest BCUT2D eigenvalue weighted by molar-refractivity contribution is 5.92. The quantitative estimate of drug-likeness (QED) is 0.616. The molecule has 0 spiro atoms. The smallest absolute Gasteiger partial charge is 0.319 e. The van der Waals surface area contributed by atoms with E-state index < -0.39 is 31.0 Å². The van der Waals surface area contributed by atoms with Crippen molar-refractivity contribution in [3.05, 3.63) is 30.3 Å². The highest BCUT2D eigenvalue weighted by Gasteiger charge is 2.17. The first kappa shape index (κ1) is 15.8. The van der Waals surface area contributed by atoms with Gasteiger partial charge in [-0.15, -0.1) is 0 Å². The van der Waals surface area contributed by atoms with Gasteiger partial charge in [0.25, 0.3) is 6.43 Å². The van der Waals surface area contributed by atoms with Crippen molar-refractivity contribution in [2.75, 3.05) is 18.4 Å². The molecule has 0 aromatic heterocycles. The van der Waals surface area contributed by atoms with Crippen LogP contribution in [0.2, 0.25) is 0 Å². The van der Waals surface area contributed by atoms with Gasteiger partial charge in [-0.25, -0.2) is 13.6 Å². The predicted molar refractivity (Wildman–Crippen MR) is 68.5 cm³/mol. The Balaban J connectivity index is 2.22. The molecule has 1 aromatic carbocycles. The fraction of sp³-hybridized carbons (Fsp3) is 0.333. The Hall–Kier alpha value is -2.22. The summed E-state index contributed by atoms with van der Waals surface area (Å²) in [7, 11) is 0. The number of hydrogen-bond donors (Lipinski definition) is 4. The van der Waals surface area contributed by atoms with Gasteiger partial charge in [0.1, 0.15) is 6.10 Å². The topological polar surface area (TPSA) is 90.5 Å². The third-order valence-electron chi connectivity index (χ3n) is 2.24. The number of carbonyl (C=O) groups is 2. The van der Waals surface area contributed by atoms with E-state index in [-0.39, 0.29) is 6.54 Å². The molecular formula is C12H15F2N3O3. The van der Waals surface area contributed by atoms with E-state index in [9.17, 15) is 18.4 Å². The summed E-state index contributed by atoms with van der Waals surface area (Å²) in [5, 5.41) is 15.6. The van der Waals surface area contributed by atoms with E-state index in [1.54, 1.807) is 30.3 Å². The second-order valence-corrected chi connectivity index (χ2v) is 3.88. The van der Waals surface area contributed by atoms with Crippen molar-refractivity contribution < 1.29 is 23.5 Å². The summed E-state index contributed by atoms with van der Waals surface area (Å²) in [6.45, 7) is -0.951. The van der Waals surface area contributed by atoms with Crippen LogP contribution < -0.4 is 16.0 Å². The number of hydrogen-bond acceptors (Lipinski definition) is 3. The van der Waals surface area contributed by atoms with E-state index in [4.69, 9.17) is 5.11 Å². The standard InChI is InChI=1S/C12H15F2N3O3/c13-11(14)9(18)6-15-10(19)7-16-12(20)17-8-4-2-1-3-5-8/h1-5,9,11,18H,6-7H2,(H,15,19)(H2,16,17,20). The lowest BCUT2D eigenvalue weighted by molar-refractivity contribution is -0.121. The van der Waals surface area contributed by atoms with Gasteiger partial charge in [0, 0.05) is 12.2 Å². The molecule has 1 atom stereocenters. The molecule has 0 aliphatic heterocycles. The number of para-hydroxylation sites is 1. The Morgan fingerprint density at radius 1 is 1.15 bits per heavy atom. The molecule has 0 aliphatic carbocycles. The van der Waals surface area contributed by atoms with E-state index in [1.807, 2.05) is 0 Å². The van der Waals surface area contributed by atoms with Crippen LogP contribution in [0.3, 0.4) is 0 Å². The van der Waals surface area contributed by atoms with E-state index in [2.05, 4.69) is 16.0 Å². The molecule has 0 bridgehead atoms. The maximum absolute atomic E-state index is 12.0. The lowest BCUT2D eigenvalue weighted by Crippen LogP contribution is -2.42. The number of amides is 3.